The molecular formula is C12H9N3O. The Kier molecular flexibility index (Phi) is 1.84. The first-order chi connectivity index (χ1) is 7.75. The third-order valence-electron chi connectivity index (χ3n) is 2.60. The van der Waals surface area contributed by atoms with E-state index < -0.39 is 6.04 Å². The van der Waals surface area contributed by atoms with Crippen molar-refractivity contribution in [1.29, 1.82) is 0 Å². The molecule has 3 rings (SSSR count). The summed E-state index contributed by atoms with van der Waals surface area (Å²) in [4.78, 5) is 20.5. The van der Waals surface area contributed by atoms with E-state index in [2.05, 4.69) is 9.97 Å². The minimum absolute atomic E-state index is 0.171. The van der Waals surface area contributed by atoms with Crippen LogP contribution in [0.1, 0.15) is 16.2 Å². The zero-order chi connectivity index (χ0) is 11.1. The fraction of sp³-hybridized carbons (Fsp3) is 0.0833. The summed E-state index contributed by atoms with van der Waals surface area (Å²) in [7, 11) is 0. The highest BCUT2D eigenvalue weighted by molar-refractivity contribution is 6.05. The van der Waals surface area contributed by atoms with Gasteiger partial charge in [-0.05, 0) is 18.2 Å². The molecule has 0 bridgehead atoms. The summed E-state index contributed by atoms with van der Waals surface area (Å²) in [5, 5.41) is 0. The van der Waals surface area contributed by atoms with Crippen LogP contribution in [-0.4, -0.2) is 21.8 Å². The van der Waals surface area contributed by atoms with Gasteiger partial charge in [-0.25, -0.2) is 9.97 Å². The van der Waals surface area contributed by atoms with Gasteiger partial charge in [0.15, 0.2) is 0 Å². The van der Waals surface area contributed by atoms with Gasteiger partial charge < -0.3 is 5.73 Å². The summed E-state index contributed by atoms with van der Waals surface area (Å²) in [6.45, 7) is 0. The number of nitrogens with two attached hydrogens (primary N) is 1. The predicted molar refractivity (Wildman–Crippen MR) is 60.9 cm³/mol. The Morgan fingerprint density at radius 3 is 2.56 bits per heavy atom. The normalized spacial score (nSPS) is 18.8. The number of fused-ring (bicyclic) bond motifs is 2. The van der Waals surface area contributed by atoms with Crippen LogP contribution in [-0.2, 0) is 0 Å². The number of hydrogen-bond donors (Lipinski definition) is 1. The molecular weight excluding hydrogens is 202 g/mol. The van der Waals surface area contributed by atoms with Crippen molar-refractivity contribution in [3.05, 3.63) is 41.7 Å². The number of para-hydroxylation sites is 2. The van der Waals surface area contributed by atoms with Crippen LogP contribution in [0.4, 0.5) is 0 Å². The molecule has 0 fully saturated rings. The van der Waals surface area contributed by atoms with E-state index in [1.807, 2.05) is 24.3 Å². The fourth-order valence-electron chi connectivity index (χ4n) is 1.75. The molecule has 0 radical (unpaired) electrons. The highest BCUT2D eigenvalue weighted by atomic mass is 16.1. The molecule has 0 saturated carbocycles. The molecule has 1 aliphatic carbocycles. The molecule has 0 spiro atoms. The number of carbonyl (C=O) groups is 1. The summed E-state index contributed by atoms with van der Waals surface area (Å²) in [6.07, 6.45) is 3.40. The first-order valence-electron chi connectivity index (χ1n) is 5.00. The van der Waals surface area contributed by atoms with Gasteiger partial charge in [0.1, 0.15) is 5.69 Å². The van der Waals surface area contributed by atoms with Crippen molar-refractivity contribution in [2.45, 2.75) is 6.04 Å². The molecule has 1 atom stereocenters. The van der Waals surface area contributed by atoms with Crippen LogP contribution in [0.25, 0.3) is 17.1 Å². The van der Waals surface area contributed by atoms with Crippen LogP contribution in [0, 0.1) is 0 Å². The second-order valence-corrected chi connectivity index (χ2v) is 3.70. The summed E-state index contributed by atoms with van der Waals surface area (Å²) >= 11 is 0. The molecule has 78 valence electrons. The second-order valence-electron chi connectivity index (χ2n) is 3.70. The molecule has 0 aliphatic heterocycles. The largest absolute Gasteiger partial charge is 0.318 e. The molecule has 4 nitrogen and oxygen atoms in total. The van der Waals surface area contributed by atoms with Gasteiger partial charge >= 0.3 is 0 Å². The van der Waals surface area contributed by atoms with E-state index in [4.69, 9.17) is 5.73 Å². The van der Waals surface area contributed by atoms with Gasteiger partial charge in [-0.15, -0.1) is 0 Å². The van der Waals surface area contributed by atoms with E-state index >= 15 is 0 Å². The van der Waals surface area contributed by atoms with Gasteiger partial charge in [0.25, 0.3) is 0 Å². The van der Waals surface area contributed by atoms with E-state index in [9.17, 15) is 4.79 Å². The quantitative estimate of drug-likeness (QED) is 0.710. The van der Waals surface area contributed by atoms with Gasteiger partial charge in [-0.1, -0.05) is 18.2 Å². The average molecular weight is 211 g/mol. The highest BCUT2D eigenvalue weighted by Gasteiger charge is 2.23. The van der Waals surface area contributed by atoms with Crippen LogP contribution in [0.3, 0.4) is 0 Å². The molecule has 1 aliphatic rings. The average Bonchev–Trinajstić information content (AvgIpc) is 2.32. The molecule has 1 unspecified atom stereocenters. The number of hydrogen-bond acceptors (Lipinski definition) is 4. The third-order valence-corrected chi connectivity index (χ3v) is 2.60. The van der Waals surface area contributed by atoms with Crippen LogP contribution in [0.5, 0.6) is 0 Å². The Balaban J connectivity index is 2.33. The number of Topliss-reactive ketones (excluding diaryl/α,β-unsaturated/α-hetero) is 1. The molecule has 2 aromatic rings. The van der Waals surface area contributed by atoms with Crippen molar-refractivity contribution in [2.24, 2.45) is 5.73 Å². The van der Waals surface area contributed by atoms with Crippen molar-refractivity contribution < 1.29 is 4.79 Å². The van der Waals surface area contributed by atoms with Gasteiger partial charge in [0.2, 0.25) is 5.78 Å². The van der Waals surface area contributed by atoms with Gasteiger partial charge in [0, 0.05) is 0 Å². The van der Waals surface area contributed by atoms with Gasteiger partial charge in [0.05, 0.1) is 22.8 Å². The van der Waals surface area contributed by atoms with Crippen LogP contribution in [0.15, 0.2) is 30.3 Å². The monoisotopic (exact) mass is 211 g/mol. The fourth-order valence-corrected chi connectivity index (χ4v) is 1.75. The minimum Gasteiger partial charge on any atom is -0.318 e. The molecule has 2 N–H and O–H groups in total. The van der Waals surface area contributed by atoms with Crippen LogP contribution >= 0.6 is 0 Å². The number of benzene rings is 1. The van der Waals surface area contributed by atoms with E-state index in [0.29, 0.717) is 11.4 Å². The van der Waals surface area contributed by atoms with E-state index in [-0.39, 0.29) is 5.78 Å². The number of ketones is 1. The first kappa shape index (κ1) is 9.18. The Bertz CT molecular complexity index is 619. The lowest BCUT2D eigenvalue weighted by Crippen LogP contribution is -2.32. The van der Waals surface area contributed by atoms with Crippen molar-refractivity contribution in [3.63, 3.8) is 0 Å². The van der Waals surface area contributed by atoms with Crippen molar-refractivity contribution >= 4 is 22.9 Å². The maximum absolute atomic E-state index is 11.8. The Hall–Kier alpha value is -2.07. The highest BCUT2D eigenvalue weighted by Crippen LogP contribution is 2.18. The lowest BCUT2D eigenvalue weighted by Gasteiger charge is -2.13. The molecule has 0 saturated heterocycles. The smallest absolute Gasteiger partial charge is 0.203 e. The Morgan fingerprint density at radius 2 is 1.81 bits per heavy atom. The maximum atomic E-state index is 11.8. The number of rotatable bonds is 0. The zero-order valence-corrected chi connectivity index (χ0v) is 8.42. The summed E-state index contributed by atoms with van der Waals surface area (Å²) in [5.74, 6) is -0.171. The van der Waals surface area contributed by atoms with Gasteiger partial charge in [-0.2, -0.15) is 0 Å². The Morgan fingerprint density at radius 1 is 1.12 bits per heavy atom. The summed E-state index contributed by atoms with van der Waals surface area (Å²) in [5.41, 5.74) is 8.11. The molecule has 1 heterocycles. The second kappa shape index (κ2) is 3.21. The SMILES string of the molecule is NC1C=Cc2nc3ccccc3nc2C1=O. The molecule has 16 heavy (non-hydrogen) atoms. The van der Waals surface area contributed by atoms with Crippen molar-refractivity contribution in [3.8, 4) is 0 Å². The van der Waals surface area contributed by atoms with Crippen molar-refractivity contribution in [1.82, 2.24) is 9.97 Å². The van der Waals surface area contributed by atoms with Gasteiger partial charge in [-0.3, -0.25) is 4.79 Å². The lowest BCUT2D eigenvalue weighted by molar-refractivity contribution is 0.0971. The number of aromatic nitrogens is 2. The van der Waals surface area contributed by atoms with Crippen LogP contribution in [0.2, 0.25) is 0 Å². The third kappa shape index (κ3) is 1.24. The zero-order valence-electron chi connectivity index (χ0n) is 8.42. The predicted octanol–water partition coefficient (Wildman–Crippen LogP) is 1.17. The summed E-state index contributed by atoms with van der Waals surface area (Å²) in [6, 6.07) is 6.87. The molecule has 1 aromatic carbocycles. The maximum Gasteiger partial charge on any atom is 0.203 e. The summed E-state index contributed by atoms with van der Waals surface area (Å²) < 4.78 is 0. The molecule has 4 heteroatoms. The minimum atomic E-state index is -0.594. The number of nitrogens with zero attached hydrogens (tertiary/aromatic N) is 2. The Labute approximate surface area is 91.8 Å². The van der Waals surface area contributed by atoms with E-state index in [0.717, 1.165) is 11.0 Å². The van der Waals surface area contributed by atoms with E-state index in [1.54, 1.807) is 12.2 Å². The standard InChI is InChI=1S/C12H9N3O/c13-7-5-6-10-11(12(7)16)15-9-4-2-1-3-8(9)14-10/h1-7H,13H2. The van der Waals surface area contributed by atoms with Crippen LogP contribution < -0.4 is 5.73 Å². The number of carbonyl (C=O) groups excluding carboxylic acids is 1. The van der Waals surface area contributed by atoms with Crippen molar-refractivity contribution in [2.75, 3.05) is 0 Å². The topological polar surface area (TPSA) is 68.9 Å². The molecule has 1 aromatic heterocycles. The molecule has 0 amide bonds. The van der Waals surface area contributed by atoms with E-state index in [1.165, 1.54) is 0 Å². The first-order valence-corrected chi connectivity index (χ1v) is 5.00. The lowest BCUT2D eigenvalue weighted by atomic mass is 10.0.